The monoisotopic (exact) mass is 418 g/mol. The van der Waals surface area contributed by atoms with Gasteiger partial charge in [0, 0.05) is 18.1 Å². The first kappa shape index (κ1) is 20.0. The normalized spacial score (nSPS) is 15.0. The van der Waals surface area contributed by atoms with Crippen LogP contribution in [-0.2, 0) is 11.2 Å². The van der Waals surface area contributed by atoms with Crippen molar-refractivity contribution in [1.29, 1.82) is 5.26 Å². The molecule has 0 saturated heterocycles. The fraction of sp³-hybridized carbons (Fsp3) is 0.304. The fourth-order valence-electron chi connectivity index (χ4n) is 3.81. The molecular formula is C23H22N4O2S. The van der Waals surface area contributed by atoms with Crippen molar-refractivity contribution in [2.45, 2.75) is 45.8 Å². The second kappa shape index (κ2) is 8.25. The Kier molecular flexibility index (Phi) is 5.51. The minimum Gasteiger partial charge on any atom is -0.490 e. The highest BCUT2D eigenvalue weighted by molar-refractivity contribution is 7.17. The number of ether oxygens (including phenoxy) is 1. The van der Waals surface area contributed by atoms with Gasteiger partial charge in [0.15, 0.2) is 0 Å². The summed E-state index contributed by atoms with van der Waals surface area (Å²) in [5.74, 6) is 0.556. The van der Waals surface area contributed by atoms with Crippen LogP contribution >= 0.6 is 11.3 Å². The minimum atomic E-state index is -0.0188. The SMILES string of the molecule is CC(=O)NC1CCc2c(-c3nnc(-c4ccc(OC(C)C)c(C#N)c4)s3)cccc21. The lowest BCUT2D eigenvalue weighted by Crippen LogP contribution is -2.24. The van der Waals surface area contributed by atoms with E-state index in [-0.39, 0.29) is 18.1 Å². The number of benzene rings is 2. The highest BCUT2D eigenvalue weighted by atomic mass is 32.1. The zero-order chi connectivity index (χ0) is 21.3. The molecule has 0 spiro atoms. The number of nitrogens with zero attached hydrogens (tertiary/aromatic N) is 3. The van der Waals surface area contributed by atoms with E-state index in [0.29, 0.717) is 11.3 Å². The van der Waals surface area contributed by atoms with Gasteiger partial charge in [-0.2, -0.15) is 5.26 Å². The maximum atomic E-state index is 11.5. The first-order valence-corrected chi connectivity index (χ1v) is 10.7. The van der Waals surface area contributed by atoms with Crippen LogP contribution in [0.2, 0.25) is 0 Å². The van der Waals surface area contributed by atoms with Gasteiger partial charge in [-0.25, -0.2) is 0 Å². The van der Waals surface area contributed by atoms with Crippen molar-refractivity contribution in [1.82, 2.24) is 15.5 Å². The average Bonchev–Trinajstić information content (AvgIpc) is 3.35. The molecule has 3 aromatic rings. The molecule has 6 nitrogen and oxygen atoms in total. The molecule has 0 radical (unpaired) electrons. The number of nitrogens with one attached hydrogen (secondary N) is 1. The summed E-state index contributed by atoms with van der Waals surface area (Å²) in [4.78, 5) is 11.5. The van der Waals surface area contributed by atoms with Gasteiger partial charge in [0.05, 0.1) is 17.7 Å². The van der Waals surface area contributed by atoms with Gasteiger partial charge in [0.25, 0.3) is 0 Å². The third kappa shape index (κ3) is 3.91. The fourth-order valence-corrected chi connectivity index (χ4v) is 4.70. The molecule has 1 atom stereocenters. The van der Waals surface area contributed by atoms with Crippen LogP contribution in [0.4, 0.5) is 0 Å². The Balaban J connectivity index is 1.66. The van der Waals surface area contributed by atoms with Gasteiger partial charge in [-0.05, 0) is 56.0 Å². The molecule has 1 aliphatic rings. The van der Waals surface area contributed by atoms with E-state index in [9.17, 15) is 10.1 Å². The van der Waals surface area contributed by atoms with Crippen LogP contribution in [-0.4, -0.2) is 22.2 Å². The Bertz CT molecular complexity index is 1150. The molecule has 7 heteroatoms. The summed E-state index contributed by atoms with van der Waals surface area (Å²) < 4.78 is 5.70. The van der Waals surface area contributed by atoms with Crippen molar-refractivity contribution in [3.63, 3.8) is 0 Å². The highest BCUT2D eigenvalue weighted by Crippen LogP contribution is 2.40. The first-order chi connectivity index (χ1) is 14.5. The van der Waals surface area contributed by atoms with Crippen molar-refractivity contribution in [2.75, 3.05) is 0 Å². The summed E-state index contributed by atoms with van der Waals surface area (Å²) in [6.45, 7) is 5.41. The summed E-state index contributed by atoms with van der Waals surface area (Å²) in [6, 6.07) is 13.9. The van der Waals surface area contributed by atoms with E-state index >= 15 is 0 Å². The Morgan fingerprint density at radius 1 is 1.27 bits per heavy atom. The van der Waals surface area contributed by atoms with E-state index in [1.807, 2.05) is 32.0 Å². The molecule has 0 fully saturated rings. The molecule has 1 amide bonds. The Labute approximate surface area is 179 Å². The van der Waals surface area contributed by atoms with Gasteiger partial charge in [0.1, 0.15) is 21.8 Å². The van der Waals surface area contributed by atoms with Crippen LogP contribution in [0.3, 0.4) is 0 Å². The molecule has 1 heterocycles. The van der Waals surface area contributed by atoms with Crippen LogP contribution < -0.4 is 10.1 Å². The number of hydrogen-bond acceptors (Lipinski definition) is 6. The topological polar surface area (TPSA) is 87.9 Å². The molecule has 1 aromatic heterocycles. The lowest BCUT2D eigenvalue weighted by molar-refractivity contribution is -0.119. The van der Waals surface area contributed by atoms with Crippen LogP contribution in [0.25, 0.3) is 21.1 Å². The van der Waals surface area contributed by atoms with Crippen LogP contribution in [0.1, 0.15) is 49.9 Å². The van der Waals surface area contributed by atoms with Crippen molar-refractivity contribution in [2.24, 2.45) is 0 Å². The maximum Gasteiger partial charge on any atom is 0.217 e. The van der Waals surface area contributed by atoms with E-state index in [1.54, 1.807) is 13.0 Å². The number of nitriles is 1. The number of amides is 1. The Morgan fingerprint density at radius 3 is 2.80 bits per heavy atom. The standard InChI is InChI=1S/C23H22N4O2S/c1-13(2)29-21-10-7-15(11-16(21)12-24)22-26-27-23(30-22)19-6-4-5-18-17(19)8-9-20(18)25-14(3)28/h4-7,10-11,13,20H,8-9H2,1-3H3,(H,25,28). The second-order valence-corrected chi connectivity index (χ2v) is 8.54. The quantitative estimate of drug-likeness (QED) is 0.651. The lowest BCUT2D eigenvalue weighted by atomic mass is 10.0. The molecule has 1 N–H and O–H groups in total. The van der Waals surface area contributed by atoms with Crippen LogP contribution in [0, 0.1) is 11.3 Å². The third-order valence-electron chi connectivity index (χ3n) is 5.01. The van der Waals surface area contributed by atoms with Gasteiger partial charge in [0.2, 0.25) is 5.91 Å². The van der Waals surface area contributed by atoms with Crippen molar-refractivity contribution in [3.05, 3.63) is 53.1 Å². The zero-order valence-corrected chi connectivity index (χ0v) is 17.9. The summed E-state index contributed by atoms with van der Waals surface area (Å²) in [6.07, 6.45) is 1.78. The molecule has 30 heavy (non-hydrogen) atoms. The molecule has 1 aliphatic carbocycles. The average molecular weight is 419 g/mol. The summed E-state index contributed by atoms with van der Waals surface area (Å²) in [5, 5.41) is 22.9. The summed E-state index contributed by atoms with van der Waals surface area (Å²) in [7, 11) is 0. The van der Waals surface area contributed by atoms with E-state index < -0.39 is 0 Å². The third-order valence-corrected chi connectivity index (χ3v) is 6.02. The molecular weight excluding hydrogens is 396 g/mol. The minimum absolute atomic E-state index is 0.00224. The van der Waals surface area contributed by atoms with Crippen molar-refractivity contribution < 1.29 is 9.53 Å². The van der Waals surface area contributed by atoms with Crippen LogP contribution in [0.5, 0.6) is 5.75 Å². The van der Waals surface area contributed by atoms with E-state index in [4.69, 9.17) is 4.74 Å². The van der Waals surface area contributed by atoms with Gasteiger partial charge >= 0.3 is 0 Å². The number of carbonyl (C=O) groups is 1. The highest BCUT2D eigenvalue weighted by Gasteiger charge is 2.26. The molecule has 4 rings (SSSR count). The first-order valence-electron chi connectivity index (χ1n) is 9.90. The molecule has 1 unspecified atom stereocenters. The molecule has 0 saturated carbocycles. The van der Waals surface area contributed by atoms with Gasteiger partial charge in [-0.1, -0.05) is 29.5 Å². The van der Waals surface area contributed by atoms with Crippen molar-refractivity contribution >= 4 is 17.2 Å². The zero-order valence-electron chi connectivity index (χ0n) is 17.1. The van der Waals surface area contributed by atoms with Crippen molar-refractivity contribution in [3.8, 4) is 33.0 Å². The van der Waals surface area contributed by atoms with E-state index in [0.717, 1.165) is 39.5 Å². The predicted molar refractivity (Wildman–Crippen MR) is 116 cm³/mol. The molecule has 152 valence electrons. The van der Waals surface area contributed by atoms with E-state index in [1.165, 1.54) is 16.9 Å². The number of carbonyl (C=O) groups excluding carboxylic acids is 1. The number of rotatable bonds is 5. The maximum absolute atomic E-state index is 11.5. The molecule has 0 aliphatic heterocycles. The second-order valence-electron chi connectivity index (χ2n) is 7.57. The molecule has 0 bridgehead atoms. The van der Waals surface area contributed by atoms with E-state index in [2.05, 4.69) is 33.7 Å². The van der Waals surface area contributed by atoms with Crippen LogP contribution in [0.15, 0.2) is 36.4 Å². The predicted octanol–water partition coefficient (Wildman–Crippen LogP) is 4.65. The lowest BCUT2D eigenvalue weighted by Gasteiger charge is -2.13. The number of aromatic nitrogens is 2. The van der Waals surface area contributed by atoms with Gasteiger partial charge in [-0.15, -0.1) is 10.2 Å². The number of fused-ring (bicyclic) bond motifs is 1. The summed E-state index contributed by atoms with van der Waals surface area (Å²) >= 11 is 1.50. The molecule has 2 aromatic carbocycles. The Morgan fingerprint density at radius 2 is 2.07 bits per heavy atom. The van der Waals surface area contributed by atoms with Gasteiger partial charge < -0.3 is 10.1 Å². The smallest absolute Gasteiger partial charge is 0.217 e. The van der Waals surface area contributed by atoms with Gasteiger partial charge in [-0.3, -0.25) is 4.79 Å². The Hall–Kier alpha value is -3.24. The number of hydrogen-bond donors (Lipinski definition) is 1. The largest absolute Gasteiger partial charge is 0.490 e. The summed E-state index contributed by atoms with van der Waals surface area (Å²) in [5.41, 5.74) is 4.76.